The molecule has 1 aromatic rings. The van der Waals surface area contributed by atoms with Gasteiger partial charge in [0, 0.05) is 39.3 Å². The van der Waals surface area contributed by atoms with E-state index in [-0.39, 0.29) is 21.4 Å². The summed E-state index contributed by atoms with van der Waals surface area (Å²) in [5.41, 5.74) is 0.185. The number of hydrogen-bond acceptors (Lipinski definition) is 4. The summed E-state index contributed by atoms with van der Waals surface area (Å²) in [5, 5.41) is 0.227. The predicted octanol–water partition coefficient (Wildman–Crippen LogP) is 1.43. The van der Waals surface area contributed by atoms with Gasteiger partial charge in [0.25, 0.3) is 5.91 Å². The number of sulfonamides is 1. The van der Waals surface area contributed by atoms with E-state index in [2.05, 4.69) is 0 Å². The van der Waals surface area contributed by atoms with Crippen molar-refractivity contribution in [3.63, 3.8) is 0 Å². The van der Waals surface area contributed by atoms with E-state index in [1.165, 1.54) is 22.5 Å². The lowest BCUT2D eigenvalue weighted by Gasteiger charge is -2.33. The Morgan fingerprint density at radius 2 is 1.65 bits per heavy atom. The molecule has 2 aliphatic heterocycles. The van der Waals surface area contributed by atoms with E-state index < -0.39 is 10.0 Å². The number of carbonyl (C=O) groups is 2. The lowest BCUT2D eigenvalue weighted by atomic mass is 10.2. The summed E-state index contributed by atoms with van der Waals surface area (Å²) >= 11 is 6.18. The van der Waals surface area contributed by atoms with Crippen LogP contribution in [0.3, 0.4) is 0 Å². The van der Waals surface area contributed by atoms with E-state index in [1.807, 2.05) is 0 Å². The average Bonchev–Trinajstić information content (AvgIpc) is 2.68. The van der Waals surface area contributed by atoms with Crippen LogP contribution in [0.1, 0.15) is 29.6 Å². The molecular weight excluding hydrogens is 378 g/mol. The Balaban J connectivity index is 1.83. The highest BCUT2D eigenvalue weighted by Crippen LogP contribution is 2.26. The number of piperidine rings is 1. The van der Waals surface area contributed by atoms with Crippen LogP contribution in [-0.2, 0) is 14.8 Å². The Kier molecular flexibility index (Phi) is 5.84. The van der Waals surface area contributed by atoms with Crippen molar-refractivity contribution in [2.45, 2.75) is 24.2 Å². The van der Waals surface area contributed by atoms with Gasteiger partial charge in [0.15, 0.2) is 0 Å². The van der Waals surface area contributed by atoms with Gasteiger partial charge in [-0.05, 0) is 31.0 Å². The van der Waals surface area contributed by atoms with Gasteiger partial charge < -0.3 is 9.80 Å². The van der Waals surface area contributed by atoms with Crippen LogP contribution < -0.4 is 0 Å². The van der Waals surface area contributed by atoms with E-state index in [4.69, 9.17) is 11.6 Å². The molecule has 0 atom stereocenters. The van der Waals surface area contributed by atoms with Crippen LogP contribution in [0.15, 0.2) is 23.1 Å². The Labute approximate surface area is 158 Å². The Hall–Kier alpha value is -1.64. The van der Waals surface area contributed by atoms with E-state index >= 15 is 0 Å². The average molecular weight is 400 g/mol. The first-order chi connectivity index (χ1) is 12.4. The maximum atomic E-state index is 12.8. The minimum atomic E-state index is -3.63. The van der Waals surface area contributed by atoms with Crippen molar-refractivity contribution in [1.29, 1.82) is 0 Å². The molecule has 0 saturated carbocycles. The van der Waals surface area contributed by atoms with Crippen LogP contribution in [0.4, 0.5) is 0 Å². The van der Waals surface area contributed by atoms with Gasteiger partial charge in [-0.1, -0.05) is 18.0 Å². The number of hydrogen-bond donors (Lipinski definition) is 0. The smallest absolute Gasteiger partial charge is 0.255 e. The highest BCUT2D eigenvalue weighted by molar-refractivity contribution is 7.89. The highest BCUT2D eigenvalue weighted by Gasteiger charge is 2.29. The number of carbonyl (C=O) groups excluding carboxylic acids is 2. The van der Waals surface area contributed by atoms with Crippen molar-refractivity contribution in [3.8, 4) is 0 Å². The Morgan fingerprint density at radius 1 is 1.00 bits per heavy atom. The fraction of sp³-hybridized carbons (Fsp3) is 0.529. The third kappa shape index (κ3) is 3.87. The molecule has 1 aromatic carbocycles. The second kappa shape index (κ2) is 7.94. The predicted molar refractivity (Wildman–Crippen MR) is 97.6 cm³/mol. The second-order valence-electron chi connectivity index (χ2n) is 6.54. The number of halogens is 1. The Bertz CT molecular complexity index is 785. The standard InChI is InChI=1S/C17H22ClN3O4S/c18-16-5-4-14(26(24,25)21-6-2-1-3-7-21)12-15(16)17(23)20-10-8-19(13-22)9-11-20/h4-5,12-13H,1-3,6-11H2. The molecule has 0 unspecified atom stereocenters. The lowest BCUT2D eigenvalue weighted by Crippen LogP contribution is -2.48. The third-order valence-corrected chi connectivity index (χ3v) is 7.10. The third-order valence-electron chi connectivity index (χ3n) is 4.87. The van der Waals surface area contributed by atoms with Crippen LogP contribution in [0.25, 0.3) is 0 Å². The zero-order valence-electron chi connectivity index (χ0n) is 14.4. The summed E-state index contributed by atoms with van der Waals surface area (Å²) in [4.78, 5) is 26.9. The van der Waals surface area contributed by atoms with Crippen molar-refractivity contribution in [3.05, 3.63) is 28.8 Å². The summed E-state index contributed by atoms with van der Waals surface area (Å²) in [5.74, 6) is -0.309. The summed E-state index contributed by atoms with van der Waals surface area (Å²) in [6.45, 7) is 2.72. The Morgan fingerprint density at radius 3 is 2.27 bits per heavy atom. The summed E-state index contributed by atoms with van der Waals surface area (Å²) in [6, 6.07) is 4.29. The number of piperazine rings is 1. The van der Waals surface area contributed by atoms with Crippen LogP contribution >= 0.6 is 11.6 Å². The molecule has 0 radical (unpaired) electrons. The molecule has 2 fully saturated rings. The van der Waals surface area contributed by atoms with Gasteiger partial charge in [-0.3, -0.25) is 9.59 Å². The molecule has 7 nitrogen and oxygen atoms in total. The molecule has 0 spiro atoms. The van der Waals surface area contributed by atoms with Gasteiger partial charge in [0.1, 0.15) is 0 Å². The first kappa shape index (κ1) is 19.1. The van der Waals surface area contributed by atoms with Gasteiger partial charge >= 0.3 is 0 Å². The summed E-state index contributed by atoms with van der Waals surface area (Å²) < 4.78 is 27.2. The van der Waals surface area contributed by atoms with Crippen LogP contribution in [0.2, 0.25) is 5.02 Å². The lowest BCUT2D eigenvalue weighted by molar-refractivity contribution is -0.119. The first-order valence-electron chi connectivity index (χ1n) is 8.72. The zero-order chi connectivity index (χ0) is 18.7. The fourth-order valence-corrected chi connectivity index (χ4v) is 5.03. The molecule has 2 amide bonds. The van der Waals surface area contributed by atoms with Gasteiger partial charge in [0.05, 0.1) is 15.5 Å². The van der Waals surface area contributed by atoms with Gasteiger partial charge in [-0.15, -0.1) is 0 Å². The van der Waals surface area contributed by atoms with Crippen LogP contribution in [0, 0.1) is 0 Å². The van der Waals surface area contributed by atoms with Gasteiger partial charge in [-0.2, -0.15) is 4.31 Å². The van der Waals surface area contributed by atoms with Crippen molar-refractivity contribution in [1.82, 2.24) is 14.1 Å². The quantitative estimate of drug-likeness (QED) is 0.717. The number of amides is 2. The van der Waals surface area contributed by atoms with Gasteiger partial charge in [-0.25, -0.2) is 8.42 Å². The first-order valence-corrected chi connectivity index (χ1v) is 10.5. The normalized spacial score (nSPS) is 19.4. The van der Waals surface area contributed by atoms with Crippen LogP contribution in [-0.4, -0.2) is 74.1 Å². The number of nitrogens with zero attached hydrogens (tertiary/aromatic N) is 3. The molecule has 2 aliphatic rings. The molecule has 9 heteroatoms. The molecular formula is C17H22ClN3O4S. The summed E-state index contributed by atoms with van der Waals surface area (Å²) in [7, 11) is -3.63. The monoisotopic (exact) mass is 399 g/mol. The topological polar surface area (TPSA) is 78.0 Å². The fourth-order valence-electron chi connectivity index (χ4n) is 3.28. The maximum absolute atomic E-state index is 12.8. The molecule has 26 heavy (non-hydrogen) atoms. The molecule has 3 rings (SSSR count). The maximum Gasteiger partial charge on any atom is 0.255 e. The molecule has 0 aliphatic carbocycles. The second-order valence-corrected chi connectivity index (χ2v) is 8.89. The number of benzene rings is 1. The molecule has 2 saturated heterocycles. The van der Waals surface area contributed by atoms with E-state index in [0.717, 1.165) is 25.7 Å². The minimum absolute atomic E-state index is 0.0960. The SMILES string of the molecule is O=CN1CCN(C(=O)c2cc(S(=O)(=O)N3CCCCC3)ccc2Cl)CC1. The minimum Gasteiger partial charge on any atom is -0.342 e. The van der Waals surface area contributed by atoms with E-state index in [1.54, 1.807) is 9.80 Å². The highest BCUT2D eigenvalue weighted by atomic mass is 35.5. The van der Waals surface area contributed by atoms with Crippen molar-refractivity contribution < 1.29 is 18.0 Å². The number of rotatable bonds is 4. The summed E-state index contributed by atoms with van der Waals surface area (Å²) in [6.07, 6.45) is 3.49. The molecule has 0 N–H and O–H groups in total. The van der Waals surface area contributed by atoms with E-state index in [0.29, 0.717) is 39.3 Å². The van der Waals surface area contributed by atoms with Crippen molar-refractivity contribution in [2.24, 2.45) is 0 Å². The largest absolute Gasteiger partial charge is 0.342 e. The zero-order valence-corrected chi connectivity index (χ0v) is 16.0. The van der Waals surface area contributed by atoms with Gasteiger partial charge in [0.2, 0.25) is 16.4 Å². The molecule has 0 bridgehead atoms. The van der Waals surface area contributed by atoms with Crippen LogP contribution in [0.5, 0.6) is 0 Å². The van der Waals surface area contributed by atoms with Crippen molar-refractivity contribution >= 4 is 33.9 Å². The van der Waals surface area contributed by atoms with Crippen molar-refractivity contribution in [2.75, 3.05) is 39.3 Å². The molecule has 2 heterocycles. The van der Waals surface area contributed by atoms with E-state index in [9.17, 15) is 18.0 Å². The molecule has 142 valence electrons. The molecule has 0 aromatic heterocycles.